The fourth-order valence-corrected chi connectivity index (χ4v) is 2.96. The normalized spacial score (nSPS) is 18.9. The van der Waals surface area contributed by atoms with Gasteiger partial charge in [0.2, 0.25) is 5.91 Å². The zero-order valence-electron chi connectivity index (χ0n) is 12.0. The number of nitrogens with zero attached hydrogens (tertiary/aromatic N) is 1. The van der Waals surface area contributed by atoms with Crippen LogP contribution >= 0.6 is 15.9 Å². The van der Waals surface area contributed by atoms with Gasteiger partial charge in [-0.15, -0.1) is 0 Å². The first-order chi connectivity index (χ1) is 9.66. The Bertz CT molecular complexity index is 450. The van der Waals surface area contributed by atoms with Gasteiger partial charge >= 0.3 is 0 Å². The number of carbonyl (C=O) groups excluding carboxylic acids is 1. The first-order valence-electron chi connectivity index (χ1n) is 7.34. The van der Waals surface area contributed by atoms with Gasteiger partial charge in [0.05, 0.1) is 6.61 Å². The highest BCUT2D eigenvalue weighted by atomic mass is 79.9. The Balaban J connectivity index is 1.69. The summed E-state index contributed by atoms with van der Waals surface area (Å²) in [5.41, 5.74) is 0. The fourth-order valence-electron chi connectivity index (χ4n) is 2.58. The molecule has 0 aliphatic carbocycles. The molecule has 1 aromatic carbocycles. The fraction of sp³-hybridized carbons (Fsp3) is 0.562. The summed E-state index contributed by atoms with van der Waals surface area (Å²) >= 11 is 3.41. The number of likely N-dealkylation sites (tertiary alicyclic amines) is 1. The van der Waals surface area contributed by atoms with Crippen molar-refractivity contribution < 1.29 is 9.53 Å². The van der Waals surface area contributed by atoms with Crippen molar-refractivity contribution in [2.45, 2.75) is 45.1 Å². The maximum Gasteiger partial charge on any atom is 0.222 e. The van der Waals surface area contributed by atoms with Crippen LogP contribution in [0.5, 0.6) is 5.75 Å². The van der Waals surface area contributed by atoms with Crippen LogP contribution in [0.25, 0.3) is 0 Å². The minimum absolute atomic E-state index is 0.273. The lowest BCUT2D eigenvalue weighted by atomic mass is 10.0. The number of hydrogen-bond donors (Lipinski definition) is 0. The highest BCUT2D eigenvalue weighted by Gasteiger charge is 2.22. The van der Waals surface area contributed by atoms with Gasteiger partial charge in [0, 0.05) is 23.5 Å². The van der Waals surface area contributed by atoms with Gasteiger partial charge in [0.1, 0.15) is 5.75 Å². The summed E-state index contributed by atoms with van der Waals surface area (Å²) in [5.74, 6) is 1.12. The monoisotopic (exact) mass is 339 g/mol. The lowest BCUT2D eigenvalue weighted by molar-refractivity contribution is -0.134. The molecule has 1 unspecified atom stereocenters. The van der Waals surface area contributed by atoms with E-state index in [4.69, 9.17) is 4.74 Å². The Morgan fingerprint density at radius 3 is 3.05 bits per heavy atom. The third kappa shape index (κ3) is 4.51. The minimum atomic E-state index is 0.273. The van der Waals surface area contributed by atoms with Crippen LogP contribution in [0, 0.1) is 0 Å². The van der Waals surface area contributed by atoms with Crippen LogP contribution < -0.4 is 4.74 Å². The molecule has 1 aliphatic rings. The van der Waals surface area contributed by atoms with Crippen LogP contribution in [0.2, 0.25) is 0 Å². The molecule has 1 saturated heterocycles. The SMILES string of the molecule is CC1CCCCN1C(=O)CCCOc1cccc(Br)c1. The molecule has 110 valence electrons. The van der Waals surface area contributed by atoms with Gasteiger partial charge in [0.15, 0.2) is 0 Å². The number of hydrogen-bond acceptors (Lipinski definition) is 2. The Morgan fingerprint density at radius 1 is 1.45 bits per heavy atom. The van der Waals surface area contributed by atoms with Crippen molar-refractivity contribution in [3.8, 4) is 5.75 Å². The van der Waals surface area contributed by atoms with Crippen LogP contribution in [0.15, 0.2) is 28.7 Å². The quantitative estimate of drug-likeness (QED) is 0.758. The number of amides is 1. The summed E-state index contributed by atoms with van der Waals surface area (Å²) in [6.07, 6.45) is 4.88. The summed E-state index contributed by atoms with van der Waals surface area (Å²) in [6, 6.07) is 8.18. The number of benzene rings is 1. The van der Waals surface area contributed by atoms with E-state index in [0.29, 0.717) is 19.1 Å². The number of halogens is 1. The van der Waals surface area contributed by atoms with Crippen LogP contribution in [-0.4, -0.2) is 30.0 Å². The van der Waals surface area contributed by atoms with E-state index in [1.54, 1.807) is 0 Å². The van der Waals surface area contributed by atoms with Gasteiger partial charge < -0.3 is 9.64 Å². The van der Waals surface area contributed by atoms with E-state index in [9.17, 15) is 4.79 Å². The van der Waals surface area contributed by atoms with E-state index in [1.165, 1.54) is 6.42 Å². The van der Waals surface area contributed by atoms with Crippen molar-refractivity contribution in [2.75, 3.05) is 13.2 Å². The van der Waals surface area contributed by atoms with Crippen molar-refractivity contribution in [3.05, 3.63) is 28.7 Å². The van der Waals surface area contributed by atoms with Crippen molar-refractivity contribution in [2.24, 2.45) is 0 Å². The second-order valence-corrected chi connectivity index (χ2v) is 6.26. The summed E-state index contributed by atoms with van der Waals surface area (Å²) in [5, 5.41) is 0. The third-order valence-electron chi connectivity index (χ3n) is 3.72. The molecule has 0 saturated carbocycles. The lowest BCUT2D eigenvalue weighted by Gasteiger charge is -2.33. The Labute approximate surface area is 129 Å². The minimum Gasteiger partial charge on any atom is -0.494 e. The van der Waals surface area contributed by atoms with Gasteiger partial charge in [-0.25, -0.2) is 0 Å². The molecular weight excluding hydrogens is 318 g/mol. The molecule has 1 atom stereocenters. The Hall–Kier alpha value is -1.03. The van der Waals surface area contributed by atoms with Gasteiger partial charge in [-0.05, 0) is 50.8 Å². The molecule has 1 fully saturated rings. The average Bonchev–Trinajstić information content (AvgIpc) is 2.44. The second-order valence-electron chi connectivity index (χ2n) is 5.34. The Kier molecular flexibility index (Phi) is 5.89. The zero-order valence-corrected chi connectivity index (χ0v) is 13.6. The standard InChI is InChI=1S/C16H22BrNO2/c1-13-6-2-3-10-18(13)16(19)9-5-11-20-15-8-4-7-14(17)12-15/h4,7-8,12-13H,2-3,5-6,9-11H2,1H3. The number of ether oxygens (including phenoxy) is 1. The highest BCUT2D eigenvalue weighted by Crippen LogP contribution is 2.19. The molecule has 0 N–H and O–H groups in total. The van der Waals surface area contributed by atoms with E-state index in [2.05, 4.69) is 22.9 Å². The first-order valence-corrected chi connectivity index (χ1v) is 8.14. The molecule has 3 nitrogen and oxygen atoms in total. The van der Waals surface area contributed by atoms with E-state index in [1.807, 2.05) is 29.2 Å². The maximum absolute atomic E-state index is 12.1. The Morgan fingerprint density at radius 2 is 2.30 bits per heavy atom. The molecule has 2 rings (SSSR count). The molecule has 1 aliphatic heterocycles. The predicted molar refractivity (Wildman–Crippen MR) is 83.9 cm³/mol. The smallest absolute Gasteiger partial charge is 0.222 e. The van der Waals surface area contributed by atoms with Gasteiger partial charge in [-0.3, -0.25) is 4.79 Å². The molecular formula is C16H22BrNO2. The van der Waals surface area contributed by atoms with E-state index < -0.39 is 0 Å². The molecule has 1 aromatic rings. The first kappa shape index (κ1) is 15.4. The van der Waals surface area contributed by atoms with E-state index in [0.717, 1.165) is 36.0 Å². The molecule has 4 heteroatoms. The third-order valence-corrected chi connectivity index (χ3v) is 4.22. The molecule has 0 aromatic heterocycles. The van der Waals surface area contributed by atoms with Crippen LogP contribution in [0.4, 0.5) is 0 Å². The molecule has 1 amide bonds. The maximum atomic E-state index is 12.1. The number of carbonyl (C=O) groups is 1. The largest absolute Gasteiger partial charge is 0.494 e. The summed E-state index contributed by atoms with van der Waals surface area (Å²) in [4.78, 5) is 14.2. The predicted octanol–water partition coefficient (Wildman–Crippen LogP) is 4.01. The lowest BCUT2D eigenvalue weighted by Crippen LogP contribution is -2.42. The average molecular weight is 340 g/mol. The summed E-state index contributed by atoms with van der Waals surface area (Å²) < 4.78 is 6.66. The summed E-state index contributed by atoms with van der Waals surface area (Å²) in [7, 11) is 0. The molecule has 20 heavy (non-hydrogen) atoms. The molecule has 0 spiro atoms. The van der Waals surface area contributed by atoms with Gasteiger partial charge in [-0.2, -0.15) is 0 Å². The topological polar surface area (TPSA) is 29.5 Å². The molecule has 0 radical (unpaired) electrons. The van der Waals surface area contributed by atoms with Crippen LogP contribution in [0.1, 0.15) is 39.0 Å². The van der Waals surface area contributed by atoms with Crippen molar-refractivity contribution in [1.29, 1.82) is 0 Å². The van der Waals surface area contributed by atoms with E-state index in [-0.39, 0.29) is 5.91 Å². The number of rotatable bonds is 5. The second kappa shape index (κ2) is 7.67. The summed E-state index contributed by atoms with van der Waals surface area (Å²) in [6.45, 7) is 3.66. The number of piperidine rings is 1. The van der Waals surface area contributed by atoms with Crippen molar-refractivity contribution >= 4 is 21.8 Å². The van der Waals surface area contributed by atoms with Crippen molar-refractivity contribution in [3.63, 3.8) is 0 Å². The highest BCUT2D eigenvalue weighted by molar-refractivity contribution is 9.10. The van der Waals surface area contributed by atoms with Crippen LogP contribution in [-0.2, 0) is 4.79 Å². The van der Waals surface area contributed by atoms with Gasteiger partial charge in [0.25, 0.3) is 0 Å². The van der Waals surface area contributed by atoms with E-state index >= 15 is 0 Å². The molecule has 0 bridgehead atoms. The van der Waals surface area contributed by atoms with Gasteiger partial charge in [-0.1, -0.05) is 22.0 Å². The molecule has 1 heterocycles. The van der Waals surface area contributed by atoms with Crippen molar-refractivity contribution in [1.82, 2.24) is 4.90 Å². The van der Waals surface area contributed by atoms with Crippen LogP contribution in [0.3, 0.4) is 0 Å². The zero-order chi connectivity index (χ0) is 14.4.